The average Bonchev–Trinajstić information content (AvgIpc) is 3.30. The third-order valence-electron chi connectivity index (χ3n) is 7.67. The molecule has 0 spiro atoms. The summed E-state index contributed by atoms with van der Waals surface area (Å²) in [6.07, 6.45) is 0.895. The summed E-state index contributed by atoms with van der Waals surface area (Å²) >= 11 is 0. The van der Waals surface area contributed by atoms with Gasteiger partial charge in [-0.05, 0) is 31.1 Å². The van der Waals surface area contributed by atoms with E-state index in [-0.39, 0.29) is 59.6 Å². The Balaban J connectivity index is 1.25. The van der Waals surface area contributed by atoms with Gasteiger partial charge in [0.05, 0.1) is 24.0 Å². The molecule has 4 aliphatic carbocycles. The summed E-state index contributed by atoms with van der Waals surface area (Å²) in [5.41, 5.74) is 0. The van der Waals surface area contributed by atoms with Gasteiger partial charge in [-0.25, -0.2) is 0 Å². The zero-order chi connectivity index (χ0) is 16.3. The highest BCUT2D eigenvalue weighted by molar-refractivity contribution is 5.87. The highest BCUT2D eigenvalue weighted by Crippen LogP contribution is 2.59. The van der Waals surface area contributed by atoms with Crippen molar-refractivity contribution in [3.05, 3.63) is 0 Å². The monoisotopic (exact) mass is 333 g/mol. The molecule has 0 radical (unpaired) electrons. The van der Waals surface area contributed by atoms with Gasteiger partial charge in [0.2, 0.25) is 5.91 Å². The zero-order valence-corrected chi connectivity index (χ0v) is 13.0. The molecule has 7 nitrogen and oxygen atoms in total. The van der Waals surface area contributed by atoms with Gasteiger partial charge in [-0.3, -0.25) is 14.4 Å². The number of nitrogens with one attached hydrogen (secondary N) is 1. The van der Waals surface area contributed by atoms with Crippen molar-refractivity contribution < 1.29 is 29.0 Å². The topological polar surface area (TPSA) is 102 Å². The first-order valence-electron chi connectivity index (χ1n) is 8.94. The van der Waals surface area contributed by atoms with Gasteiger partial charge >= 0.3 is 11.9 Å². The van der Waals surface area contributed by atoms with E-state index in [1.165, 1.54) is 0 Å². The summed E-state index contributed by atoms with van der Waals surface area (Å²) in [5.74, 6) is -1.41. The Morgan fingerprint density at radius 2 is 2.00 bits per heavy atom. The molecule has 4 saturated carbocycles. The van der Waals surface area contributed by atoms with Crippen LogP contribution in [0.15, 0.2) is 0 Å². The minimum absolute atomic E-state index is 0.0503. The molecule has 0 aromatic carbocycles. The van der Waals surface area contributed by atoms with Crippen LogP contribution in [0.3, 0.4) is 0 Å². The molecule has 4 bridgehead atoms. The Kier molecular flexibility index (Phi) is 2.34. The molecule has 24 heavy (non-hydrogen) atoms. The van der Waals surface area contributed by atoms with Gasteiger partial charge < -0.3 is 19.9 Å². The number of carbonyl (C=O) groups excluding carboxylic acids is 3. The summed E-state index contributed by atoms with van der Waals surface area (Å²) < 4.78 is 11.1. The van der Waals surface area contributed by atoms with E-state index in [4.69, 9.17) is 9.47 Å². The molecule has 0 aromatic rings. The van der Waals surface area contributed by atoms with Crippen LogP contribution in [0.2, 0.25) is 0 Å². The second kappa shape index (κ2) is 4.12. The average molecular weight is 333 g/mol. The fourth-order valence-electron chi connectivity index (χ4n) is 6.80. The van der Waals surface area contributed by atoms with Crippen molar-refractivity contribution in [2.45, 2.75) is 43.6 Å². The largest absolute Gasteiger partial charge is 0.460 e. The van der Waals surface area contributed by atoms with Gasteiger partial charge in [-0.1, -0.05) is 0 Å². The van der Waals surface area contributed by atoms with Crippen LogP contribution in [-0.4, -0.2) is 47.3 Å². The number of rotatable bonds is 2. The summed E-state index contributed by atoms with van der Waals surface area (Å²) in [4.78, 5) is 36.9. The number of fused-ring (bicyclic) bond motifs is 2. The van der Waals surface area contributed by atoms with Crippen molar-refractivity contribution in [2.75, 3.05) is 0 Å². The summed E-state index contributed by atoms with van der Waals surface area (Å²) in [7, 11) is 0. The van der Waals surface area contributed by atoms with Crippen LogP contribution in [-0.2, 0) is 23.9 Å². The van der Waals surface area contributed by atoms with Gasteiger partial charge in [0.15, 0.2) is 0 Å². The van der Waals surface area contributed by atoms with Crippen molar-refractivity contribution >= 4 is 17.8 Å². The van der Waals surface area contributed by atoms with Crippen molar-refractivity contribution in [1.29, 1.82) is 0 Å². The van der Waals surface area contributed by atoms with Crippen LogP contribution in [0.1, 0.15) is 19.3 Å². The van der Waals surface area contributed by atoms with Crippen LogP contribution in [0.5, 0.6) is 0 Å². The van der Waals surface area contributed by atoms with Crippen LogP contribution in [0, 0.1) is 41.4 Å². The van der Waals surface area contributed by atoms with Crippen LogP contribution in [0.4, 0.5) is 0 Å². The van der Waals surface area contributed by atoms with Crippen molar-refractivity contribution in [3.63, 3.8) is 0 Å². The number of hydrogen-bond donors (Lipinski definition) is 2. The van der Waals surface area contributed by atoms with Gasteiger partial charge in [0.25, 0.3) is 0 Å². The molecular weight excluding hydrogens is 314 g/mol. The smallest absolute Gasteiger partial charge is 0.310 e. The molecule has 11 unspecified atom stereocenters. The Morgan fingerprint density at radius 1 is 1.17 bits per heavy atom. The lowest BCUT2D eigenvalue weighted by Gasteiger charge is -2.31. The number of ether oxygens (including phenoxy) is 2. The standard InChI is InChI=1S/C17H19NO6/c19-12-7-3-8-10(17(22)24-14(8)12)9(7)16(21)23-13-4-1-5-6(2-4)15(20)18-11(5)13/h4-14,19H,1-3H2,(H,18,20). The molecule has 128 valence electrons. The molecule has 6 aliphatic rings. The highest BCUT2D eigenvalue weighted by Gasteiger charge is 2.69. The van der Waals surface area contributed by atoms with Gasteiger partial charge in [0.1, 0.15) is 12.2 Å². The number of aliphatic hydroxyl groups is 1. The lowest BCUT2D eigenvalue weighted by molar-refractivity contribution is -0.164. The Bertz CT molecular complexity index is 678. The van der Waals surface area contributed by atoms with E-state index >= 15 is 0 Å². The second-order valence-corrected chi connectivity index (χ2v) is 8.44. The predicted octanol–water partition coefficient (Wildman–Crippen LogP) is -0.779. The van der Waals surface area contributed by atoms with Crippen LogP contribution in [0.25, 0.3) is 0 Å². The number of carbonyl (C=O) groups is 3. The molecular formula is C17H19NO6. The van der Waals surface area contributed by atoms with Crippen LogP contribution >= 0.6 is 0 Å². The minimum atomic E-state index is -0.758. The number of amides is 1. The molecule has 0 aromatic heterocycles. The molecule has 6 fully saturated rings. The number of esters is 2. The van der Waals surface area contributed by atoms with E-state index in [0.29, 0.717) is 6.42 Å². The molecule has 2 saturated heterocycles. The molecule has 2 aliphatic heterocycles. The molecule has 2 N–H and O–H groups in total. The van der Waals surface area contributed by atoms with Crippen molar-refractivity contribution in [2.24, 2.45) is 41.4 Å². The SMILES string of the molecule is O=C1NC2C3CC(CC13)C2OC(=O)C1C2CC3C(OC(=O)C31)C2O. The Morgan fingerprint density at radius 3 is 2.83 bits per heavy atom. The van der Waals surface area contributed by atoms with E-state index in [1.54, 1.807) is 0 Å². The first-order valence-corrected chi connectivity index (χ1v) is 8.94. The maximum atomic E-state index is 12.8. The predicted molar refractivity (Wildman–Crippen MR) is 76.0 cm³/mol. The van der Waals surface area contributed by atoms with Crippen molar-refractivity contribution in [1.82, 2.24) is 5.32 Å². The molecule has 7 heteroatoms. The van der Waals surface area contributed by atoms with E-state index in [2.05, 4.69) is 5.32 Å². The summed E-state index contributed by atoms with van der Waals surface area (Å²) in [5, 5.41) is 13.3. The third-order valence-corrected chi connectivity index (χ3v) is 7.67. The summed E-state index contributed by atoms with van der Waals surface area (Å²) in [6.45, 7) is 0. The van der Waals surface area contributed by atoms with E-state index in [9.17, 15) is 19.5 Å². The Labute approximate surface area is 138 Å². The van der Waals surface area contributed by atoms with Gasteiger partial charge in [-0.2, -0.15) is 0 Å². The fraction of sp³-hybridized carbons (Fsp3) is 0.824. The van der Waals surface area contributed by atoms with Gasteiger partial charge in [0, 0.05) is 17.8 Å². The zero-order valence-electron chi connectivity index (χ0n) is 13.0. The molecule has 1 amide bonds. The second-order valence-electron chi connectivity index (χ2n) is 8.44. The Hall–Kier alpha value is -1.63. The van der Waals surface area contributed by atoms with Crippen molar-refractivity contribution in [3.8, 4) is 0 Å². The molecule has 2 heterocycles. The molecule has 11 atom stereocenters. The fourth-order valence-corrected chi connectivity index (χ4v) is 6.80. The number of aliphatic hydroxyl groups excluding tert-OH is 1. The van der Waals surface area contributed by atoms with Crippen LogP contribution < -0.4 is 5.32 Å². The highest BCUT2D eigenvalue weighted by atomic mass is 16.6. The van der Waals surface area contributed by atoms with E-state index < -0.39 is 24.0 Å². The maximum Gasteiger partial charge on any atom is 0.310 e. The van der Waals surface area contributed by atoms with Gasteiger partial charge in [-0.15, -0.1) is 0 Å². The quantitative estimate of drug-likeness (QED) is 0.643. The molecule has 6 rings (SSSR count). The van der Waals surface area contributed by atoms with E-state index in [1.807, 2.05) is 0 Å². The summed E-state index contributed by atoms with van der Waals surface area (Å²) in [6, 6.07) is -0.0722. The normalized spacial score (nSPS) is 58.3. The lowest BCUT2D eigenvalue weighted by atomic mass is 9.78. The minimum Gasteiger partial charge on any atom is -0.460 e. The van der Waals surface area contributed by atoms with E-state index in [0.717, 1.165) is 12.8 Å². The first kappa shape index (κ1) is 13.6. The lowest BCUT2D eigenvalue weighted by Crippen LogP contribution is -2.46. The third kappa shape index (κ3) is 1.38. The number of hydrogen-bond acceptors (Lipinski definition) is 6. The maximum absolute atomic E-state index is 12.8. The first-order chi connectivity index (χ1) is 11.5.